The van der Waals surface area contributed by atoms with Crippen molar-refractivity contribution < 1.29 is 14.7 Å². The number of nitrogens with one attached hydrogen (secondary N) is 1. The van der Waals surface area contributed by atoms with Crippen molar-refractivity contribution in [3.63, 3.8) is 0 Å². The summed E-state index contributed by atoms with van der Waals surface area (Å²) in [5.74, 6) is -1.34. The van der Waals surface area contributed by atoms with Crippen LogP contribution in [0.25, 0.3) is 0 Å². The monoisotopic (exact) mass is 261 g/mol. The van der Waals surface area contributed by atoms with Gasteiger partial charge in [-0.2, -0.15) is 5.26 Å². The lowest BCUT2D eigenvalue weighted by atomic mass is 10.1. The number of amides is 1. The van der Waals surface area contributed by atoms with Gasteiger partial charge in [0.25, 0.3) is 5.91 Å². The van der Waals surface area contributed by atoms with E-state index in [-0.39, 0.29) is 5.91 Å². The number of hydrogen-bond acceptors (Lipinski definition) is 4. The normalized spacial score (nSPS) is 11.4. The summed E-state index contributed by atoms with van der Waals surface area (Å²) in [5.41, 5.74) is 6.16. The van der Waals surface area contributed by atoms with E-state index in [9.17, 15) is 9.59 Å². The highest BCUT2D eigenvalue weighted by Crippen LogP contribution is 2.04. The van der Waals surface area contributed by atoms with Crippen molar-refractivity contribution in [2.45, 2.75) is 18.9 Å². The fourth-order valence-electron chi connectivity index (χ4n) is 1.48. The average Bonchev–Trinajstić information content (AvgIpc) is 2.42. The molecule has 6 nitrogen and oxygen atoms in total. The lowest BCUT2D eigenvalue weighted by Crippen LogP contribution is -2.32. The van der Waals surface area contributed by atoms with E-state index >= 15 is 0 Å². The Balaban J connectivity index is 2.39. The number of carbonyl (C=O) groups excluding carboxylic acids is 1. The lowest BCUT2D eigenvalue weighted by Gasteiger charge is -2.07. The van der Waals surface area contributed by atoms with Crippen molar-refractivity contribution in [2.24, 2.45) is 5.73 Å². The number of carboxylic acid groups (broad SMARTS) is 1. The van der Waals surface area contributed by atoms with E-state index in [1.165, 1.54) is 6.07 Å². The van der Waals surface area contributed by atoms with Crippen molar-refractivity contribution >= 4 is 11.9 Å². The number of nitriles is 1. The first-order valence-corrected chi connectivity index (χ1v) is 5.81. The topological polar surface area (TPSA) is 116 Å². The zero-order chi connectivity index (χ0) is 14.3. The van der Waals surface area contributed by atoms with Gasteiger partial charge in [-0.05, 0) is 31.0 Å². The number of hydrogen-bond donors (Lipinski definition) is 3. The number of benzene rings is 1. The van der Waals surface area contributed by atoms with Crippen LogP contribution in [0.1, 0.15) is 28.8 Å². The summed E-state index contributed by atoms with van der Waals surface area (Å²) in [6, 6.07) is 7.41. The van der Waals surface area contributed by atoms with Gasteiger partial charge in [0, 0.05) is 12.1 Å². The number of carbonyl (C=O) groups is 2. The van der Waals surface area contributed by atoms with Crippen LogP contribution in [0.4, 0.5) is 0 Å². The van der Waals surface area contributed by atoms with Gasteiger partial charge in [-0.1, -0.05) is 6.07 Å². The molecule has 0 aliphatic rings. The van der Waals surface area contributed by atoms with Crippen LogP contribution in [-0.4, -0.2) is 29.6 Å². The Morgan fingerprint density at radius 1 is 1.47 bits per heavy atom. The summed E-state index contributed by atoms with van der Waals surface area (Å²) < 4.78 is 0. The third-order valence-corrected chi connectivity index (χ3v) is 2.55. The van der Waals surface area contributed by atoms with Gasteiger partial charge < -0.3 is 16.2 Å². The quantitative estimate of drug-likeness (QED) is 0.644. The average molecular weight is 261 g/mol. The predicted octanol–water partition coefficient (Wildman–Crippen LogP) is 0.480. The Kier molecular flexibility index (Phi) is 5.51. The molecule has 1 aromatic rings. The lowest BCUT2D eigenvalue weighted by molar-refractivity contribution is -0.138. The molecule has 1 amide bonds. The second-order valence-corrected chi connectivity index (χ2v) is 4.04. The van der Waals surface area contributed by atoms with Gasteiger partial charge in [0.05, 0.1) is 11.6 Å². The fraction of sp³-hybridized carbons (Fsp3) is 0.308. The highest BCUT2D eigenvalue weighted by molar-refractivity contribution is 5.94. The van der Waals surface area contributed by atoms with Crippen LogP contribution >= 0.6 is 0 Å². The third-order valence-electron chi connectivity index (χ3n) is 2.55. The number of nitrogens with two attached hydrogens (primary N) is 1. The maximum atomic E-state index is 11.7. The molecule has 0 bridgehead atoms. The van der Waals surface area contributed by atoms with Crippen LogP contribution in [0, 0.1) is 11.3 Å². The Bertz CT molecular complexity index is 508. The number of aliphatic carboxylic acids is 1. The van der Waals surface area contributed by atoms with E-state index in [4.69, 9.17) is 16.1 Å². The fourth-order valence-corrected chi connectivity index (χ4v) is 1.48. The Morgan fingerprint density at radius 2 is 2.21 bits per heavy atom. The smallest absolute Gasteiger partial charge is 0.320 e. The van der Waals surface area contributed by atoms with Crippen LogP contribution in [0.2, 0.25) is 0 Å². The molecule has 1 rings (SSSR count). The van der Waals surface area contributed by atoms with Gasteiger partial charge in [0.2, 0.25) is 0 Å². The van der Waals surface area contributed by atoms with Crippen LogP contribution in [0.15, 0.2) is 24.3 Å². The van der Waals surface area contributed by atoms with Crippen molar-refractivity contribution in [1.82, 2.24) is 5.32 Å². The van der Waals surface area contributed by atoms with E-state index in [2.05, 4.69) is 5.32 Å². The summed E-state index contributed by atoms with van der Waals surface area (Å²) in [4.78, 5) is 22.2. The minimum atomic E-state index is -1.05. The van der Waals surface area contributed by atoms with Crippen molar-refractivity contribution in [1.29, 1.82) is 5.26 Å². The van der Waals surface area contributed by atoms with Gasteiger partial charge in [-0.15, -0.1) is 0 Å². The molecule has 0 saturated carbocycles. The van der Waals surface area contributed by atoms with Crippen LogP contribution in [0.3, 0.4) is 0 Å². The molecule has 0 aliphatic heterocycles. The number of rotatable bonds is 6. The molecule has 1 unspecified atom stereocenters. The first-order valence-electron chi connectivity index (χ1n) is 5.81. The minimum absolute atomic E-state index is 0.291. The van der Waals surface area contributed by atoms with E-state index in [0.29, 0.717) is 30.5 Å². The molecule has 1 aromatic carbocycles. The zero-order valence-corrected chi connectivity index (χ0v) is 10.3. The highest BCUT2D eigenvalue weighted by atomic mass is 16.4. The molecule has 0 aromatic heterocycles. The standard InChI is InChI=1S/C13H15N3O3/c14-8-9-3-1-4-10(7-9)12(17)16-6-2-5-11(15)13(18)19/h1,3-4,7,11H,2,5-6,15H2,(H,16,17)(H,18,19). The second kappa shape index (κ2) is 7.13. The Labute approximate surface area is 110 Å². The van der Waals surface area contributed by atoms with Crippen LogP contribution in [-0.2, 0) is 4.79 Å². The molecule has 19 heavy (non-hydrogen) atoms. The second-order valence-electron chi connectivity index (χ2n) is 4.04. The molecule has 0 radical (unpaired) electrons. The molecule has 6 heteroatoms. The van der Waals surface area contributed by atoms with Crippen LogP contribution in [0.5, 0.6) is 0 Å². The largest absolute Gasteiger partial charge is 0.480 e. The molecule has 0 saturated heterocycles. The Morgan fingerprint density at radius 3 is 2.84 bits per heavy atom. The minimum Gasteiger partial charge on any atom is -0.480 e. The molecule has 1 atom stereocenters. The molecule has 0 heterocycles. The molecular weight excluding hydrogens is 246 g/mol. The van der Waals surface area contributed by atoms with E-state index < -0.39 is 12.0 Å². The summed E-state index contributed by atoms with van der Waals surface area (Å²) >= 11 is 0. The first-order chi connectivity index (χ1) is 9.04. The summed E-state index contributed by atoms with van der Waals surface area (Å²) in [7, 11) is 0. The van der Waals surface area contributed by atoms with E-state index in [0.717, 1.165) is 0 Å². The van der Waals surface area contributed by atoms with Crippen LogP contribution < -0.4 is 11.1 Å². The van der Waals surface area contributed by atoms with Gasteiger partial charge in [-0.3, -0.25) is 9.59 Å². The Hall–Kier alpha value is -2.39. The van der Waals surface area contributed by atoms with Gasteiger partial charge >= 0.3 is 5.97 Å². The van der Waals surface area contributed by atoms with Crippen molar-refractivity contribution in [2.75, 3.05) is 6.54 Å². The third kappa shape index (κ3) is 4.77. The highest BCUT2D eigenvalue weighted by Gasteiger charge is 2.11. The molecule has 0 aliphatic carbocycles. The molecule has 4 N–H and O–H groups in total. The maximum Gasteiger partial charge on any atom is 0.320 e. The van der Waals surface area contributed by atoms with E-state index in [1.54, 1.807) is 18.2 Å². The number of carboxylic acids is 1. The van der Waals surface area contributed by atoms with Crippen molar-refractivity contribution in [3.05, 3.63) is 35.4 Å². The first kappa shape index (κ1) is 14.7. The van der Waals surface area contributed by atoms with Crippen molar-refractivity contribution in [3.8, 4) is 6.07 Å². The summed E-state index contributed by atoms with van der Waals surface area (Å²) in [6.45, 7) is 0.344. The summed E-state index contributed by atoms with van der Waals surface area (Å²) in [6.07, 6.45) is 0.783. The molecule has 100 valence electrons. The molecular formula is C13H15N3O3. The SMILES string of the molecule is N#Cc1cccc(C(=O)NCCCC(N)C(=O)O)c1. The molecule has 0 spiro atoms. The summed E-state index contributed by atoms with van der Waals surface area (Å²) in [5, 5.41) is 20.0. The van der Waals surface area contributed by atoms with Gasteiger partial charge in [-0.25, -0.2) is 0 Å². The van der Waals surface area contributed by atoms with Gasteiger partial charge in [0.1, 0.15) is 6.04 Å². The number of nitrogens with zero attached hydrogens (tertiary/aromatic N) is 1. The predicted molar refractivity (Wildman–Crippen MR) is 68.3 cm³/mol. The zero-order valence-electron chi connectivity index (χ0n) is 10.3. The molecule has 0 fully saturated rings. The maximum absolute atomic E-state index is 11.7. The van der Waals surface area contributed by atoms with Gasteiger partial charge in [0.15, 0.2) is 0 Å². The van der Waals surface area contributed by atoms with E-state index in [1.807, 2.05) is 6.07 Å².